The first-order valence-corrected chi connectivity index (χ1v) is 9.15. The molecule has 1 unspecified atom stereocenters. The molecule has 0 saturated heterocycles. The number of anilines is 3. The third-order valence-electron chi connectivity index (χ3n) is 4.60. The van der Waals surface area contributed by atoms with Crippen LogP contribution in [-0.4, -0.2) is 33.3 Å². The summed E-state index contributed by atoms with van der Waals surface area (Å²) in [5.74, 6) is -0.587. The van der Waals surface area contributed by atoms with Gasteiger partial charge in [-0.1, -0.05) is 24.6 Å². The third-order valence-corrected chi connectivity index (χ3v) is 4.60. The van der Waals surface area contributed by atoms with Crippen molar-refractivity contribution in [3.8, 4) is 6.07 Å². The lowest BCUT2D eigenvalue weighted by molar-refractivity contribution is 0.125. The van der Waals surface area contributed by atoms with E-state index < -0.39 is 18.1 Å². The Bertz CT molecular complexity index is 906. The number of hydrogen-bond donors (Lipinski definition) is 3. The van der Waals surface area contributed by atoms with E-state index in [9.17, 15) is 19.6 Å². The zero-order valence-corrected chi connectivity index (χ0v) is 15.7. The molecule has 1 aliphatic rings. The SMILES string of the molecule is CCC(Nc1nc(Nc2ccc(C)cc2)c(C#N)cc1F)N(C(=O)O)C1CC1. The quantitative estimate of drug-likeness (QED) is 0.611. The van der Waals surface area contributed by atoms with Gasteiger partial charge in [0.1, 0.15) is 12.2 Å². The van der Waals surface area contributed by atoms with Crippen molar-refractivity contribution in [3.63, 3.8) is 0 Å². The van der Waals surface area contributed by atoms with E-state index in [-0.39, 0.29) is 23.2 Å². The van der Waals surface area contributed by atoms with Gasteiger partial charge in [0.2, 0.25) is 0 Å². The molecule has 1 fully saturated rings. The lowest BCUT2D eigenvalue weighted by atomic mass is 10.2. The molecule has 1 aromatic carbocycles. The summed E-state index contributed by atoms with van der Waals surface area (Å²) in [6, 6.07) is 10.5. The fraction of sp³-hybridized carbons (Fsp3) is 0.350. The molecular weight excluding hydrogens is 361 g/mol. The van der Waals surface area contributed by atoms with Crippen molar-refractivity contribution >= 4 is 23.4 Å². The Morgan fingerprint density at radius 2 is 2.07 bits per heavy atom. The van der Waals surface area contributed by atoms with E-state index in [4.69, 9.17) is 0 Å². The van der Waals surface area contributed by atoms with Crippen LogP contribution in [0.1, 0.15) is 37.3 Å². The van der Waals surface area contributed by atoms with E-state index in [1.165, 1.54) is 4.90 Å². The van der Waals surface area contributed by atoms with Crippen molar-refractivity contribution in [3.05, 3.63) is 47.3 Å². The number of hydrogen-bond acceptors (Lipinski definition) is 5. The number of aromatic nitrogens is 1. The summed E-state index contributed by atoms with van der Waals surface area (Å²) < 4.78 is 14.5. The van der Waals surface area contributed by atoms with Gasteiger partial charge < -0.3 is 15.7 Å². The number of aryl methyl sites for hydroxylation is 1. The van der Waals surface area contributed by atoms with Crippen LogP contribution in [0.2, 0.25) is 0 Å². The molecule has 1 aromatic heterocycles. The maximum absolute atomic E-state index is 14.5. The van der Waals surface area contributed by atoms with Gasteiger partial charge in [-0.25, -0.2) is 14.2 Å². The maximum atomic E-state index is 14.5. The Morgan fingerprint density at radius 3 is 2.61 bits per heavy atom. The number of pyridine rings is 1. The van der Waals surface area contributed by atoms with Gasteiger partial charge in [0.05, 0.1) is 5.56 Å². The van der Waals surface area contributed by atoms with Crippen LogP contribution >= 0.6 is 0 Å². The van der Waals surface area contributed by atoms with Crippen molar-refractivity contribution < 1.29 is 14.3 Å². The number of carboxylic acid groups (broad SMARTS) is 1. The molecule has 1 heterocycles. The Kier molecular flexibility index (Phi) is 5.64. The van der Waals surface area contributed by atoms with Crippen molar-refractivity contribution in [2.75, 3.05) is 10.6 Å². The number of rotatable bonds is 7. The van der Waals surface area contributed by atoms with Crippen LogP contribution in [0.4, 0.5) is 26.5 Å². The topological polar surface area (TPSA) is 101 Å². The molecule has 28 heavy (non-hydrogen) atoms. The molecule has 1 amide bonds. The summed E-state index contributed by atoms with van der Waals surface area (Å²) >= 11 is 0. The number of halogens is 1. The van der Waals surface area contributed by atoms with Gasteiger partial charge in [0, 0.05) is 11.7 Å². The van der Waals surface area contributed by atoms with Crippen molar-refractivity contribution in [1.29, 1.82) is 5.26 Å². The first kappa shape index (κ1) is 19.4. The maximum Gasteiger partial charge on any atom is 0.409 e. The minimum Gasteiger partial charge on any atom is -0.465 e. The van der Waals surface area contributed by atoms with Crippen LogP contribution in [0.25, 0.3) is 0 Å². The Balaban J connectivity index is 1.89. The Morgan fingerprint density at radius 1 is 1.39 bits per heavy atom. The fourth-order valence-corrected chi connectivity index (χ4v) is 2.97. The van der Waals surface area contributed by atoms with E-state index >= 15 is 0 Å². The van der Waals surface area contributed by atoms with Gasteiger partial charge in [-0.2, -0.15) is 5.26 Å². The van der Waals surface area contributed by atoms with Gasteiger partial charge in [0.25, 0.3) is 0 Å². The van der Waals surface area contributed by atoms with Crippen LogP contribution in [-0.2, 0) is 0 Å². The highest BCUT2D eigenvalue weighted by Gasteiger charge is 2.37. The first-order valence-electron chi connectivity index (χ1n) is 9.15. The Labute approximate surface area is 162 Å². The van der Waals surface area contributed by atoms with E-state index in [2.05, 4.69) is 15.6 Å². The summed E-state index contributed by atoms with van der Waals surface area (Å²) in [7, 11) is 0. The monoisotopic (exact) mass is 383 g/mol. The molecule has 1 saturated carbocycles. The van der Waals surface area contributed by atoms with Crippen LogP contribution in [0.15, 0.2) is 30.3 Å². The molecule has 7 nitrogen and oxygen atoms in total. The largest absolute Gasteiger partial charge is 0.465 e. The first-order chi connectivity index (χ1) is 13.4. The van der Waals surface area contributed by atoms with E-state index in [0.717, 1.165) is 24.5 Å². The molecule has 0 spiro atoms. The molecule has 0 radical (unpaired) electrons. The molecule has 2 aromatic rings. The van der Waals surface area contributed by atoms with Gasteiger partial charge in [-0.05, 0) is 44.4 Å². The van der Waals surface area contributed by atoms with E-state index in [1.807, 2.05) is 44.2 Å². The van der Waals surface area contributed by atoms with Crippen LogP contribution in [0.3, 0.4) is 0 Å². The predicted octanol–water partition coefficient (Wildman–Crippen LogP) is 4.43. The summed E-state index contributed by atoms with van der Waals surface area (Å²) in [4.78, 5) is 17.2. The van der Waals surface area contributed by atoms with Crippen LogP contribution < -0.4 is 10.6 Å². The van der Waals surface area contributed by atoms with Gasteiger partial charge in [-0.3, -0.25) is 4.90 Å². The average molecular weight is 383 g/mol. The number of carbonyl (C=O) groups is 1. The average Bonchev–Trinajstić information content (AvgIpc) is 3.49. The minimum absolute atomic E-state index is 0.0541. The van der Waals surface area contributed by atoms with Crippen molar-refractivity contribution in [1.82, 2.24) is 9.88 Å². The molecule has 8 heteroatoms. The molecule has 146 valence electrons. The molecule has 0 bridgehead atoms. The standard InChI is InChI=1S/C20H22FN5O2/c1-3-17(26(20(27)28)15-8-9-15)24-19-16(21)10-13(11-22)18(25-19)23-14-6-4-12(2)5-7-14/h4-7,10,15,17H,3,8-9H2,1-2H3,(H,27,28)(H2,23,24,25). The number of nitriles is 1. The second kappa shape index (κ2) is 8.13. The lowest BCUT2D eigenvalue weighted by Gasteiger charge is -2.30. The highest BCUT2D eigenvalue weighted by Crippen LogP contribution is 2.31. The molecular formula is C20H22FN5O2. The number of amides is 1. The smallest absolute Gasteiger partial charge is 0.409 e. The molecule has 3 N–H and O–H groups in total. The Hall–Kier alpha value is -3.34. The summed E-state index contributed by atoms with van der Waals surface area (Å²) in [6.45, 7) is 3.78. The molecule has 1 aliphatic carbocycles. The summed E-state index contributed by atoms with van der Waals surface area (Å²) in [6.07, 6.45) is 0.396. The van der Waals surface area contributed by atoms with Crippen molar-refractivity contribution in [2.45, 2.75) is 45.3 Å². The molecule has 1 atom stereocenters. The number of nitrogens with zero attached hydrogens (tertiary/aromatic N) is 3. The lowest BCUT2D eigenvalue weighted by Crippen LogP contribution is -2.45. The van der Waals surface area contributed by atoms with Gasteiger partial charge in [-0.15, -0.1) is 0 Å². The van der Waals surface area contributed by atoms with Crippen LogP contribution in [0.5, 0.6) is 0 Å². The minimum atomic E-state index is -1.05. The number of nitrogens with one attached hydrogen (secondary N) is 2. The second-order valence-electron chi connectivity index (χ2n) is 6.81. The summed E-state index contributed by atoms with van der Waals surface area (Å²) in [5.41, 5.74) is 1.86. The zero-order chi connectivity index (χ0) is 20.3. The molecule has 0 aliphatic heterocycles. The van der Waals surface area contributed by atoms with E-state index in [1.54, 1.807) is 0 Å². The second-order valence-corrected chi connectivity index (χ2v) is 6.81. The molecule has 3 rings (SSSR count). The normalized spacial score (nSPS) is 14.1. The third kappa shape index (κ3) is 4.31. The zero-order valence-electron chi connectivity index (χ0n) is 15.7. The highest BCUT2D eigenvalue weighted by atomic mass is 19.1. The summed E-state index contributed by atoms with van der Waals surface area (Å²) in [5, 5.41) is 24.7. The number of benzene rings is 1. The van der Waals surface area contributed by atoms with Crippen molar-refractivity contribution in [2.24, 2.45) is 0 Å². The highest BCUT2D eigenvalue weighted by molar-refractivity contribution is 5.68. The van der Waals surface area contributed by atoms with Crippen LogP contribution in [0, 0.1) is 24.1 Å². The predicted molar refractivity (Wildman–Crippen MR) is 104 cm³/mol. The fourth-order valence-electron chi connectivity index (χ4n) is 2.97. The van der Waals surface area contributed by atoms with Gasteiger partial charge in [0.15, 0.2) is 17.5 Å². The van der Waals surface area contributed by atoms with E-state index in [0.29, 0.717) is 12.1 Å². The van der Waals surface area contributed by atoms with Gasteiger partial charge >= 0.3 is 6.09 Å².